The van der Waals surface area contributed by atoms with Crippen molar-refractivity contribution in [1.29, 1.82) is 0 Å². The number of hydrogen-bond acceptors (Lipinski definition) is 3. The third kappa shape index (κ3) is 4.90. The average Bonchev–Trinajstić information content (AvgIpc) is 2.61. The second-order valence-corrected chi connectivity index (χ2v) is 6.01. The third-order valence-electron chi connectivity index (χ3n) is 4.18. The molecule has 0 unspecified atom stereocenters. The molecule has 0 aliphatic carbocycles. The Morgan fingerprint density at radius 2 is 1.72 bits per heavy atom. The molecule has 0 radical (unpaired) electrons. The Kier molecular flexibility index (Phi) is 6.31. The molecule has 0 aliphatic heterocycles. The lowest BCUT2D eigenvalue weighted by Gasteiger charge is -2.16. The minimum atomic E-state index is -0.692. The normalized spacial score (nSPS) is 13.0. The second kappa shape index (κ2) is 8.44. The van der Waals surface area contributed by atoms with E-state index < -0.39 is 11.8 Å². The van der Waals surface area contributed by atoms with E-state index >= 15 is 0 Å². The van der Waals surface area contributed by atoms with Gasteiger partial charge in [0.1, 0.15) is 0 Å². The van der Waals surface area contributed by atoms with Gasteiger partial charge in [0.15, 0.2) is 0 Å². The lowest BCUT2D eigenvalue weighted by molar-refractivity contribution is -0.136. The molecule has 2 amide bonds. The Labute approximate surface area is 148 Å². The third-order valence-corrected chi connectivity index (χ3v) is 4.18. The first-order valence-corrected chi connectivity index (χ1v) is 8.22. The molecule has 0 saturated carbocycles. The largest absolute Gasteiger partial charge is 0.377 e. The van der Waals surface area contributed by atoms with Gasteiger partial charge < -0.3 is 15.4 Å². The van der Waals surface area contributed by atoms with E-state index in [0.29, 0.717) is 5.69 Å². The maximum absolute atomic E-state index is 12.2. The van der Waals surface area contributed by atoms with Crippen molar-refractivity contribution in [1.82, 2.24) is 5.32 Å². The van der Waals surface area contributed by atoms with Crippen LogP contribution in [0, 0.1) is 6.92 Å². The van der Waals surface area contributed by atoms with Gasteiger partial charge in [-0.05, 0) is 49.6 Å². The van der Waals surface area contributed by atoms with E-state index in [2.05, 4.69) is 10.6 Å². The van der Waals surface area contributed by atoms with E-state index in [1.165, 1.54) is 0 Å². The molecule has 2 rings (SSSR count). The van der Waals surface area contributed by atoms with Crippen molar-refractivity contribution in [3.8, 4) is 0 Å². The number of hydrogen-bond donors (Lipinski definition) is 2. The van der Waals surface area contributed by atoms with E-state index in [9.17, 15) is 9.59 Å². The molecule has 2 aromatic rings. The summed E-state index contributed by atoms with van der Waals surface area (Å²) in [6, 6.07) is 14.8. The molecule has 0 saturated heterocycles. The van der Waals surface area contributed by atoms with Crippen molar-refractivity contribution in [3.63, 3.8) is 0 Å². The van der Waals surface area contributed by atoms with Crippen LogP contribution in [0.2, 0.25) is 0 Å². The van der Waals surface area contributed by atoms with Crippen LogP contribution in [0.15, 0.2) is 48.5 Å². The van der Waals surface area contributed by atoms with Gasteiger partial charge >= 0.3 is 11.8 Å². The summed E-state index contributed by atoms with van der Waals surface area (Å²) >= 11 is 0. The quantitative estimate of drug-likeness (QED) is 0.819. The van der Waals surface area contributed by atoms with Gasteiger partial charge in [0.2, 0.25) is 0 Å². The number of nitrogens with one attached hydrogen (secondary N) is 2. The van der Waals surface area contributed by atoms with Crippen LogP contribution >= 0.6 is 0 Å². The molecule has 25 heavy (non-hydrogen) atoms. The number of aryl methyl sites for hydroxylation is 1. The first-order chi connectivity index (χ1) is 11.9. The molecular formula is C20H24N2O3. The number of carbonyl (C=O) groups excluding carboxylic acids is 2. The Bertz CT molecular complexity index is 758. The van der Waals surface area contributed by atoms with Crippen LogP contribution in [0.5, 0.6) is 0 Å². The van der Waals surface area contributed by atoms with Crippen LogP contribution in [0.1, 0.15) is 42.7 Å². The summed E-state index contributed by atoms with van der Waals surface area (Å²) < 4.78 is 5.26. The summed E-state index contributed by atoms with van der Waals surface area (Å²) in [5.74, 6) is -1.36. The fourth-order valence-electron chi connectivity index (χ4n) is 2.61. The number of ether oxygens (including phenoxy) is 1. The molecule has 0 bridgehead atoms. The van der Waals surface area contributed by atoms with Gasteiger partial charge in [-0.15, -0.1) is 0 Å². The standard InChI is InChI=1S/C20H24N2O3/c1-13-8-5-6-11-18(13)14(2)21-19(23)20(24)22-17-10-7-9-16(12-17)15(3)25-4/h5-12,14-15H,1-4H3,(H,21,23)(H,22,24)/t14-,15-/m1/s1. The molecule has 0 heterocycles. The number of anilines is 1. The first kappa shape index (κ1) is 18.7. The highest BCUT2D eigenvalue weighted by Crippen LogP contribution is 2.20. The van der Waals surface area contributed by atoms with Gasteiger partial charge in [-0.2, -0.15) is 0 Å². The molecule has 2 N–H and O–H groups in total. The molecule has 2 aromatic carbocycles. The molecule has 0 spiro atoms. The minimum absolute atomic E-state index is 0.0910. The van der Waals surface area contributed by atoms with Crippen LogP contribution < -0.4 is 10.6 Å². The molecule has 132 valence electrons. The lowest BCUT2D eigenvalue weighted by atomic mass is 10.0. The van der Waals surface area contributed by atoms with Gasteiger partial charge in [0.25, 0.3) is 0 Å². The van der Waals surface area contributed by atoms with Crippen molar-refractivity contribution in [2.45, 2.75) is 32.9 Å². The molecule has 0 aromatic heterocycles. The summed E-state index contributed by atoms with van der Waals surface area (Å²) in [5.41, 5.74) is 3.54. The molecule has 5 nitrogen and oxygen atoms in total. The summed E-state index contributed by atoms with van der Waals surface area (Å²) in [5, 5.41) is 5.36. The Morgan fingerprint density at radius 1 is 1.00 bits per heavy atom. The number of benzene rings is 2. The number of rotatable bonds is 5. The second-order valence-electron chi connectivity index (χ2n) is 6.01. The van der Waals surface area contributed by atoms with Crippen LogP contribution in [0.25, 0.3) is 0 Å². The van der Waals surface area contributed by atoms with Crippen LogP contribution in [0.3, 0.4) is 0 Å². The zero-order valence-corrected chi connectivity index (χ0v) is 15.0. The van der Waals surface area contributed by atoms with E-state index in [0.717, 1.165) is 16.7 Å². The van der Waals surface area contributed by atoms with Crippen molar-refractivity contribution >= 4 is 17.5 Å². The molecular weight excluding hydrogens is 316 g/mol. The zero-order chi connectivity index (χ0) is 18.4. The van der Waals surface area contributed by atoms with Crippen molar-refractivity contribution in [3.05, 3.63) is 65.2 Å². The van der Waals surface area contributed by atoms with Gasteiger partial charge in [-0.3, -0.25) is 9.59 Å². The maximum Gasteiger partial charge on any atom is 0.313 e. The maximum atomic E-state index is 12.2. The number of amides is 2. The topological polar surface area (TPSA) is 67.4 Å². The highest BCUT2D eigenvalue weighted by Gasteiger charge is 2.18. The Morgan fingerprint density at radius 3 is 2.40 bits per heavy atom. The van der Waals surface area contributed by atoms with Gasteiger partial charge in [-0.25, -0.2) is 0 Å². The molecule has 2 atom stereocenters. The van der Waals surface area contributed by atoms with Crippen molar-refractivity contribution in [2.24, 2.45) is 0 Å². The fraction of sp³-hybridized carbons (Fsp3) is 0.300. The molecule has 0 aliphatic rings. The van der Waals surface area contributed by atoms with Crippen LogP contribution in [-0.4, -0.2) is 18.9 Å². The Hall–Kier alpha value is -2.66. The smallest absolute Gasteiger partial charge is 0.313 e. The Balaban J connectivity index is 2.01. The van der Waals surface area contributed by atoms with Crippen LogP contribution in [0.4, 0.5) is 5.69 Å². The SMILES string of the molecule is CO[C@H](C)c1cccc(NC(=O)C(=O)N[C@H](C)c2ccccc2C)c1. The predicted molar refractivity (Wildman–Crippen MR) is 98.2 cm³/mol. The number of carbonyl (C=O) groups is 2. The summed E-state index contributed by atoms with van der Waals surface area (Å²) in [6.07, 6.45) is -0.0910. The summed E-state index contributed by atoms with van der Waals surface area (Å²) in [6.45, 7) is 5.74. The van der Waals surface area contributed by atoms with Crippen LogP contribution in [-0.2, 0) is 14.3 Å². The molecule has 5 heteroatoms. The van der Waals surface area contributed by atoms with E-state index in [1.807, 2.05) is 57.2 Å². The fourth-order valence-corrected chi connectivity index (χ4v) is 2.61. The van der Waals surface area contributed by atoms with E-state index in [1.54, 1.807) is 19.2 Å². The first-order valence-electron chi connectivity index (χ1n) is 8.22. The number of methoxy groups -OCH3 is 1. The minimum Gasteiger partial charge on any atom is -0.377 e. The van der Waals surface area contributed by atoms with Crippen molar-refractivity contribution in [2.75, 3.05) is 12.4 Å². The van der Waals surface area contributed by atoms with E-state index in [4.69, 9.17) is 4.74 Å². The lowest BCUT2D eigenvalue weighted by Crippen LogP contribution is -2.37. The zero-order valence-electron chi connectivity index (χ0n) is 15.0. The summed E-state index contributed by atoms with van der Waals surface area (Å²) in [7, 11) is 1.62. The van der Waals surface area contributed by atoms with Gasteiger partial charge in [-0.1, -0.05) is 36.4 Å². The predicted octanol–water partition coefficient (Wildman–Crippen LogP) is 3.52. The summed E-state index contributed by atoms with van der Waals surface area (Å²) in [4.78, 5) is 24.3. The van der Waals surface area contributed by atoms with Crippen molar-refractivity contribution < 1.29 is 14.3 Å². The monoisotopic (exact) mass is 340 g/mol. The highest BCUT2D eigenvalue weighted by molar-refractivity contribution is 6.39. The molecule has 0 fully saturated rings. The highest BCUT2D eigenvalue weighted by atomic mass is 16.5. The van der Waals surface area contributed by atoms with Gasteiger partial charge in [0.05, 0.1) is 12.1 Å². The average molecular weight is 340 g/mol. The van der Waals surface area contributed by atoms with Gasteiger partial charge in [0, 0.05) is 12.8 Å². The van der Waals surface area contributed by atoms with E-state index in [-0.39, 0.29) is 12.1 Å².